The van der Waals surface area contributed by atoms with Gasteiger partial charge in [-0.05, 0) is 55.3 Å². The number of hydrogen-bond acceptors (Lipinski definition) is 5. The lowest BCUT2D eigenvalue weighted by atomic mass is 10.1. The number of hydrogen-bond donors (Lipinski definition) is 0. The molecule has 0 aliphatic carbocycles. The Kier molecular flexibility index (Phi) is 5.36. The minimum atomic E-state index is -0.115. The zero-order valence-electron chi connectivity index (χ0n) is 15.9. The Morgan fingerprint density at radius 2 is 2.07 bits per heavy atom. The molecule has 7 heteroatoms. The molecule has 0 aliphatic heterocycles. The number of imidazole rings is 1. The first-order valence-electron chi connectivity index (χ1n) is 9.29. The van der Waals surface area contributed by atoms with Crippen LogP contribution in [0.15, 0.2) is 61.2 Å². The average Bonchev–Trinajstić information content (AvgIpc) is 3.40. The van der Waals surface area contributed by atoms with Gasteiger partial charge in [0.2, 0.25) is 0 Å². The van der Waals surface area contributed by atoms with Crippen molar-refractivity contribution in [1.82, 2.24) is 14.5 Å². The number of anilines is 1. The first kappa shape index (κ1) is 18.8. The van der Waals surface area contributed by atoms with Gasteiger partial charge in [-0.1, -0.05) is 17.4 Å². The Bertz CT molecular complexity index is 1170. The van der Waals surface area contributed by atoms with E-state index in [0.717, 1.165) is 28.7 Å². The van der Waals surface area contributed by atoms with Crippen molar-refractivity contribution in [2.24, 2.45) is 0 Å². The van der Waals surface area contributed by atoms with Crippen LogP contribution in [0.3, 0.4) is 0 Å². The van der Waals surface area contributed by atoms with Gasteiger partial charge >= 0.3 is 0 Å². The van der Waals surface area contributed by atoms with Gasteiger partial charge in [-0.25, -0.2) is 9.97 Å². The smallest absolute Gasteiger partial charge is 0.260 e. The molecule has 2 aromatic heterocycles. The highest BCUT2D eigenvalue weighted by Crippen LogP contribution is 2.30. The Morgan fingerprint density at radius 1 is 1.24 bits per heavy atom. The van der Waals surface area contributed by atoms with E-state index in [0.29, 0.717) is 22.8 Å². The van der Waals surface area contributed by atoms with Crippen molar-refractivity contribution < 1.29 is 4.79 Å². The van der Waals surface area contributed by atoms with E-state index in [2.05, 4.69) is 17.1 Å². The molecule has 144 valence electrons. The summed E-state index contributed by atoms with van der Waals surface area (Å²) in [7, 11) is 0. The van der Waals surface area contributed by atoms with E-state index in [1.54, 1.807) is 41.7 Å². The molecule has 0 saturated carbocycles. The predicted molar refractivity (Wildman–Crippen MR) is 114 cm³/mol. The molecule has 6 nitrogen and oxygen atoms in total. The number of carbonyl (C=O) groups excluding carboxylic acids is 1. The standard InChI is InChI=1S/C22H19N5OS/c1-16-3-8-19-20(13-16)29-22(25-19)27(11-2-10-26-12-9-24-15-26)21(28)18-6-4-17(14-23)5-7-18/h3-9,12-13,15H,2,10-11H2,1H3. The fourth-order valence-corrected chi connectivity index (χ4v) is 4.18. The summed E-state index contributed by atoms with van der Waals surface area (Å²) in [6, 6.07) is 14.9. The largest absolute Gasteiger partial charge is 0.337 e. The van der Waals surface area contributed by atoms with Gasteiger partial charge in [0.1, 0.15) is 0 Å². The lowest BCUT2D eigenvalue weighted by Crippen LogP contribution is -2.32. The molecule has 0 aliphatic rings. The maximum absolute atomic E-state index is 13.3. The number of thiazole rings is 1. The fraction of sp³-hybridized carbons (Fsp3) is 0.182. The van der Waals surface area contributed by atoms with Crippen molar-refractivity contribution in [3.63, 3.8) is 0 Å². The number of aromatic nitrogens is 3. The zero-order chi connectivity index (χ0) is 20.2. The van der Waals surface area contributed by atoms with Crippen molar-refractivity contribution >= 4 is 32.6 Å². The summed E-state index contributed by atoms with van der Waals surface area (Å²) in [5, 5.41) is 9.69. The first-order valence-corrected chi connectivity index (χ1v) is 10.1. The van der Waals surface area contributed by atoms with Gasteiger partial charge in [-0.3, -0.25) is 9.69 Å². The number of fused-ring (bicyclic) bond motifs is 1. The molecule has 1 amide bonds. The molecule has 0 N–H and O–H groups in total. The van der Waals surface area contributed by atoms with Crippen LogP contribution in [0.25, 0.3) is 10.2 Å². The predicted octanol–water partition coefficient (Wildman–Crippen LogP) is 4.41. The number of amides is 1. The van der Waals surface area contributed by atoms with Crippen LogP contribution in [0.4, 0.5) is 5.13 Å². The second-order valence-corrected chi connectivity index (χ2v) is 7.78. The quantitative estimate of drug-likeness (QED) is 0.480. The van der Waals surface area contributed by atoms with Gasteiger partial charge in [0, 0.05) is 31.0 Å². The molecule has 0 bridgehead atoms. The molecule has 4 rings (SSSR count). The van der Waals surface area contributed by atoms with E-state index in [1.807, 2.05) is 29.8 Å². The molecular weight excluding hydrogens is 382 g/mol. The fourth-order valence-electron chi connectivity index (χ4n) is 3.09. The van der Waals surface area contributed by atoms with Crippen LogP contribution < -0.4 is 4.90 Å². The first-order chi connectivity index (χ1) is 14.1. The number of aryl methyl sites for hydroxylation is 2. The Hall–Kier alpha value is -3.50. The maximum Gasteiger partial charge on any atom is 0.260 e. The monoisotopic (exact) mass is 401 g/mol. The van der Waals surface area contributed by atoms with E-state index in [4.69, 9.17) is 10.2 Å². The third-order valence-electron chi connectivity index (χ3n) is 4.63. The Morgan fingerprint density at radius 3 is 2.79 bits per heavy atom. The molecule has 0 fully saturated rings. The summed E-state index contributed by atoms with van der Waals surface area (Å²) in [4.78, 5) is 23.8. The lowest BCUT2D eigenvalue weighted by Gasteiger charge is -2.20. The zero-order valence-corrected chi connectivity index (χ0v) is 16.8. The minimum Gasteiger partial charge on any atom is -0.337 e. The van der Waals surface area contributed by atoms with E-state index < -0.39 is 0 Å². The summed E-state index contributed by atoms with van der Waals surface area (Å²) in [6.45, 7) is 3.35. The topological polar surface area (TPSA) is 74.8 Å². The molecule has 0 atom stereocenters. The maximum atomic E-state index is 13.3. The number of nitriles is 1. The summed E-state index contributed by atoms with van der Waals surface area (Å²) < 4.78 is 3.05. The van der Waals surface area contributed by atoms with Crippen molar-refractivity contribution in [3.05, 3.63) is 77.9 Å². The van der Waals surface area contributed by atoms with Crippen LogP contribution in [0.5, 0.6) is 0 Å². The van der Waals surface area contributed by atoms with Gasteiger partial charge in [0.15, 0.2) is 5.13 Å². The summed E-state index contributed by atoms with van der Waals surface area (Å²) in [6.07, 6.45) is 6.20. The van der Waals surface area contributed by atoms with E-state index in [1.165, 1.54) is 11.3 Å². The van der Waals surface area contributed by atoms with Crippen molar-refractivity contribution in [1.29, 1.82) is 5.26 Å². The molecule has 4 aromatic rings. The molecule has 0 unspecified atom stereocenters. The third kappa shape index (κ3) is 4.18. The van der Waals surface area contributed by atoms with Crippen LogP contribution in [0, 0.1) is 18.3 Å². The van der Waals surface area contributed by atoms with Crippen LogP contribution in [-0.2, 0) is 6.54 Å². The van der Waals surface area contributed by atoms with E-state index in [9.17, 15) is 4.79 Å². The van der Waals surface area contributed by atoms with Crippen LogP contribution in [0.1, 0.15) is 27.9 Å². The number of nitrogens with zero attached hydrogens (tertiary/aromatic N) is 5. The molecule has 29 heavy (non-hydrogen) atoms. The molecule has 0 saturated heterocycles. The van der Waals surface area contributed by atoms with Crippen LogP contribution in [0.2, 0.25) is 0 Å². The lowest BCUT2D eigenvalue weighted by molar-refractivity contribution is 0.0986. The van der Waals surface area contributed by atoms with Gasteiger partial charge in [0.25, 0.3) is 5.91 Å². The average molecular weight is 401 g/mol. The van der Waals surface area contributed by atoms with Gasteiger partial charge in [0.05, 0.1) is 28.2 Å². The summed E-state index contributed by atoms with van der Waals surface area (Å²) in [5.74, 6) is -0.115. The molecular formula is C22H19N5OS. The van der Waals surface area contributed by atoms with E-state index >= 15 is 0 Å². The highest BCUT2D eigenvalue weighted by atomic mass is 32.1. The van der Waals surface area contributed by atoms with Crippen LogP contribution in [-0.4, -0.2) is 27.0 Å². The molecule has 2 heterocycles. The van der Waals surface area contributed by atoms with E-state index in [-0.39, 0.29) is 5.91 Å². The number of carbonyl (C=O) groups is 1. The van der Waals surface area contributed by atoms with Crippen molar-refractivity contribution in [2.75, 3.05) is 11.4 Å². The molecule has 0 spiro atoms. The van der Waals surface area contributed by atoms with Gasteiger partial charge < -0.3 is 4.57 Å². The summed E-state index contributed by atoms with van der Waals surface area (Å²) >= 11 is 1.52. The minimum absolute atomic E-state index is 0.115. The second kappa shape index (κ2) is 8.25. The third-order valence-corrected chi connectivity index (χ3v) is 5.67. The Balaban J connectivity index is 1.63. The van der Waals surface area contributed by atoms with Crippen molar-refractivity contribution in [2.45, 2.75) is 19.9 Å². The number of benzene rings is 2. The highest BCUT2D eigenvalue weighted by molar-refractivity contribution is 7.22. The van der Waals surface area contributed by atoms with Crippen LogP contribution >= 0.6 is 11.3 Å². The number of rotatable bonds is 6. The Labute approximate surface area is 172 Å². The van der Waals surface area contributed by atoms with Gasteiger partial charge in [-0.2, -0.15) is 5.26 Å². The molecule has 0 radical (unpaired) electrons. The second-order valence-electron chi connectivity index (χ2n) is 6.77. The van der Waals surface area contributed by atoms with Gasteiger partial charge in [-0.15, -0.1) is 0 Å². The highest BCUT2D eigenvalue weighted by Gasteiger charge is 2.21. The summed E-state index contributed by atoms with van der Waals surface area (Å²) in [5.41, 5.74) is 3.13. The molecule has 2 aromatic carbocycles. The normalized spacial score (nSPS) is 10.8. The van der Waals surface area contributed by atoms with Crippen molar-refractivity contribution in [3.8, 4) is 6.07 Å². The SMILES string of the molecule is Cc1ccc2nc(N(CCCn3ccnc3)C(=O)c3ccc(C#N)cc3)sc2c1.